The molecule has 2 N–H and O–H groups in total. The maximum atomic E-state index is 13.1. The zero-order valence-corrected chi connectivity index (χ0v) is 28.1. The van der Waals surface area contributed by atoms with Crippen molar-refractivity contribution in [3.8, 4) is 22.6 Å². The van der Waals surface area contributed by atoms with Crippen LogP contribution in [0.2, 0.25) is 10.0 Å². The van der Waals surface area contributed by atoms with Crippen molar-refractivity contribution in [2.75, 3.05) is 26.1 Å². The van der Waals surface area contributed by atoms with Crippen LogP contribution >= 0.6 is 23.2 Å². The highest BCUT2D eigenvalue weighted by atomic mass is 35.5. The van der Waals surface area contributed by atoms with Crippen molar-refractivity contribution in [1.82, 2.24) is 14.9 Å². The Balaban J connectivity index is 1.26. The van der Waals surface area contributed by atoms with Crippen LogP contribution in [0.1, 0.15) is 52.7 Å². The number of carboxylic acids is 1. The zero-order chi connectivity index (χ0) is 33.9. The van der Waals surface area contributed by atoms with Crippen molar-refractivity contribution in [3.63, 3.8) is 0 Å². The smallest absolute Gasteiger partial charge is 0.320 e. The number of carbonyl (C=O) groups excluding carboxylic acids is 1. The fourth-order valence-electron chi connectivity index (χ4n) is 6.18. The van der Waals surface area contributed by atoms with Gasteiger partial charge < -0.3 is 24.3 Å². The SMILES string of the molecule is COC(OC)c1ccc(C(=O)Nc2cccc(-c3cccc(-c4nc5cc(CN6CCCCC6C(=O)O)cc(Cl)c5o4)c3C)c2Cl)nc1. The number of anilines is 1. The standard InChI is InChI=1S/C36H34Cl2N4O6/c1-20-23(25-10-7-11-27(31(25)38)40-33(43)28-14-13-22(18-39-28)36(46-2)47-3)8-6-9-24(20)34-41-29-17-21(16-26(37)32(29)48-34)19-42-15-5-4-12-30(42)35(44)45/h6-11,13-14,16-18,30,36H,4-5,12,15,19H2,1-3H3,(H,40,43)(H,44,45). The Bertz CT molecular complexity index is 1980. The summed E-state index contributed by atoms with van der Waals surface area (Å²) in [5.74, 6) is -0.831. The fourth-order valence-corrected chi connectivity index (χ4v) is 6.73. The van der Waals surface area contributed by atoms with Crippen LogP contribution in [-0.4, -0.2) is 58.7 Å². The third kappa shape index (κ3) is 6.80. The first-order valence-electron chi connectivity index (χ1n) is 15.5. The molecule has 10 nitrogen and oxygen atoms in total. The number of hydrogen-bond acceptors (Lipinski definition) is 8. The number of aromatic nitrogens is 2. The largest absolute Gasteiger partial charge is 0.480 e. The Morgan fingerprint density at radius 2 is 1.79 bits per heavy atom. The van der Waals surface area contributed by atoms with E-state index in [1.54, 1.807) is 18.2 Å². The summed E-state index contributed by atoms with van der Waals surface area (Å²) in [6.07, 6.45) is 3.44. The number of amides is 1. The molecule has 1 fully saturated rings. The van der Waals surface area contributed by atoms with Gasteiger partial charge in [0.15, 0.2) is 11.9 Å². The van der Waals surface area contributed by atoms with Crippen molar-refractivity contribution >= 4 is 51.9 Å². The molecule has 0 bridgehead atoms. The lowest BCUT2D eigenvalue weighted by Gasteiger charge is -2.32. The van der Waals surface area contributed by atoms with Crippen LogP contribution < -0.4 is 5.32 Å². The first-order valence-corrected chi connectivity index (χ1v) is 16.2. The topological polar surface area (TPSA) is 127 Å². The molecule has 1 atom stereocenters. The third-order valence-corrected chi connectivity index (χ3v) is 9.30. The quantitative estimate of drug-likeness (QED) is 0.140. The average Bonchev–Trinajstić information content (AvgIpc) is 3.51. The van der Waals surface area contributed by atoms with E-state index in [9.17, 15) is 14.7 Å². The van der Waals surface area contributed by atoms with Crippen LogP contribution in [0.4, 0.5) is 5.69 Å². The molecular weight excluding hydrogens is 655 g/mol. The van der Waals surface area contributed by atoms with Crippen LogP contribution in [0.25, 0.3) is 33.7 Å². The Labute approximate surface area is 287 Å². The number of oxazole rings is 1. The number of methoxy groups -OCH3 is 2. The second-order valence-corrected chi connectivity index (χ2v) is 12.4. The van der Waals surface area contributed by atoms with E-state index in [0.29, 0.717) is 63.4 Å². The highest BCUT2D eigenvalue weighted by Crippen LogP contribution is 2.40. The monoisotopic (exact) mass is 688 g/mol. The highest BCUT2D eigenvalue weighted by Gasteiger charge is 2.29. The molecule has 0 aliphatic carbocycles. The lowest BCUT2D eigenvalue weighted by atomic mass is 9.96. The van der Waals surface area contributed by atoms with Crippen molar-refractivity contribution in [3.05, 3.63) is 99.3 Å². The number of hydrogen-bond donors (Lipinski definition) is 2. The summed E-state index contributed by atoms with van der Waals surface area (Å²) < 4.78 is 16.7. The molecule has 6 rings (SSSR count). The molecule has 248 valence electrons. The summed E-state index contributed by atoms with van der Waals surface area (Å²) in [5.41, 5.74) is 6.41. The predicted octanol–water partition coefficient (Wildman–Crippen LogP) is 8.15. The van der Waals surface area contributed by atoms with Gasteiger partial charge in [0.25, 0.3) is 5.91 Å². The Kier molecular flexibility index (Phi) is 10.1. The molecule has 0 saturated carbocycles. The van der Waals surface area contributed by atoms with Gasteiger partial charge in [-0.25, -0.2) is 4.98 Å². The van der Waals surface area contributed by atoms with E-state index in [4.69, 9.17) is 42.1 Å². The van der Waals surface area contributed by atoms with E-state index in [-0.39, 0.29) is 5.69 Å². The minimum absolute atomic E-state index is 0.208. The summed E-state index contributed by atoms with van der Waals surface area (Å²) in [5, 5.41) is 13.3. The number of piperidine rings is 1. The number of aliphatic carboxylic acids is 1. The van der Waals surface area contributed by atoms with Crippen LogP contribution in [0.15, 0.2) is 71.3 Å². The number of nitrogens with zero attached hydrogens (tertiary/aromatic N) is 3. The fraction of sp³-hybridized carbons (Fsp3) is 0.278. The van der Waals surface area contributed by atoms with Crippen LogP contribution in [0.5, 0.6) is 0 Å². The average molecular weight is 690 g/mol. The minimum Gasteiger partial charge on any atom is -0.480 e. The lowest BCUT2D eigenvalue weighted by Crippen LogP contribution is -2.43. The van der Waals surface area contributed by atoms with Crippen LogP contribution in [0, 0.1) is 6.92 Å². The van der Waals surface area contributed by atoms with Crippen LogP contribution in [0.3, 0.4) is 0 Å². The van der Waals surface area contributed by atoms with Gasteiger partial charge in [0.2, 0.25) is 5.89 Å². The van der Waals surface area contributed by atoms with E-state index < -0.39 is 24.2 Å². The van der Waals surface area contributed by atoms with Crippen molar-refractivity contribution < 1.29 is 28.6 Å². The van der Waals surface area contributed by atoms with E-state index in [0.717, 1.165) is 35.1 Å². The molecule has 5 aromatic rings. The van der Waals surface area contributed by atoms with E-state index >= 15 is 0 Å². The first-order chi connectivity index (χ1) is 23.2. The number of pyridine rings is 1. The summed E-state index contributed by atoms with van der Waals surface area (Å²) >= 11 is 13.6. The Hall–Kier alpha value is -4.32. The van der Waals surface area contributed by atoms with Gasteiger partial charge in [0, 0.05) is 43.7 Å². The normalized spacial score (nSPS) is 15.2. The molecule has 0 radical (unpaired) electrons. The molecule has 0 spiro atoms. The summed E-state index contributed by atoms with van der Waals surface area (Å²) in [4.78, 5) is 35.9. The lowest BCUT2D eigenvalue weighted by molar-refractivity contribution is -0.144. The van der Waals surface area contributed by atoms with Gasteiger partial charge in [-0.3, -0.25) is 19.5 Å². The maximum Gasteiger partial charge on any atom is 0.320 e. The minimum atomic E-state index is -0.806. The Morgan fingerprint density at radius 3 is 2.52 bits per heavy atom. The van der Waals surface area contributed by atoms with E-state index in [1.165, 1.54) is 20.4 Å². The molecule has 3 aromatic carbocycles. The highest BCUT2D eigenvalue weighted by molar-refractivity contribution is 6.36. The van der Waals surface area contributed by atoms with Gasteiger partial charge in [-0.2, -0.15) is 0 Å². The molecule has 1 aliphatic rings. The number of fused-ring (bicyclic) bond motifs is 1. The van der Waals surface area contributed by atoms with E-state index in [2.05, 4.69) is 10.3 Å². The number of nitrogens with one attached hydrogen (secondary N) is 1. The Morgan fingerprint density at radius 1 is 1.04 bits per heavy atom. The second-order valence-electron chi connectivity index (χ2n) is 11.6. The van der Waals surface area contributed by atoms with Gasteiger partial charge in [-0.05, 0) is 73.3 Å². The molecule has 1 amide bonds. The number of rotatable bonds is 10. The predicted molar refractivity (Wildman–Crippen MR) is 184 cm³/mol. The zero-order valence-electron chi connectivity index (χ0n) is 26.6. The first kappa shape index (κ1) is 33.6. The molecule has 48 heavy (non-hydrogen) atoms. The maximum absolute atomic E-state index is 13.1. The van der Waals surface area contributed by atoms with Gasteiger partial charge >= 0.3 is 5.97 Å². The molecule has 2 aromatic heterocycles. The molecule has 1 saturated heterocycles. The van der Waals surface area contributed by atoms with Gasteiger partial charge in [-0.15, -0.1) is 0 Å². The summed E-state index contributed by atoms with van der Waals surface area (Å²) in [7, 11) is 3.05. The van der Waals surface area contributed by atoms with Crippen LogP contribution in [-0.2, 0) is 20.8 Å². The number of ether oxygens (including phenoxy) is 2. The van der Waals surface area contributed by atoms with Crippen molar-refractivity contribution in [1.29, 1.82) is 0 Å². The number of carbonyl (C=O) groups is 2. The molecular formula is C36H34Cl2N4O6. The van der Waals surface area contributed by atoms with Gasteiger partial charge in [0.05, 0.1) is 15.7 Å². The number of halogens is 2. The summed E-state index contributed by atoms with van der Waals surface area (Å²) in [6.45, 7) is 3.12. The third-order valence-electron chi connectivity index (χ3n) is 8.61. The van der Waals surface area contributed by atoms with Crippen molar-refractivity contribution in [2.24, 2.45) is 0 Å². The molecule has 1 unspecified atom stereocenters. The molecule has 1 aliphatic heterocycles. The number of likely N-dealkylation sites (tertiary alicyclic amines) is 1. The molecule has 3 heterocycles. The number of carboxylic acid groups (broad SMARTS) is 1. The number of benzene rings is 3. The van der Waals surface area contributed by atoms with Crippen molar-refractivity contribution in [2.45, 2.75) is 45.1 Å². The second kappa shape index (κ2) is 14.4. The van der Waals surface area contributed by atoms with E-state index in [1.807, 2.05) is 54.3 Å². The van der Waals surface area contributed by atoms with Gasteiger partial charge in [-0.1, -0.05) is 60.0 Å². The van der Waals surface area contributed by atoms with Gasteiger partial charge in [0.1, 0.15) is 17.3 Å². The summed E-state index contributed by atoms with van der Waals surface area (Å²) in [6, 6.07) is 17.7. The molecule has 12 heteroatoms.